The van der Waals surface area contributed by atoms with Gasteiger partial charge in [-0.1, -0.05) is 19.4 Å². The summed E-state index contributed by atoms with van der Waals surface area (Å²) in [6.45, 7) is 2.58. The van der Waals surface area contributed by atoms with Crippen molar-refractivity contribution >= 4 is 5.91 Å². The van der Waals surface area contributed by atoms with Gasteiger partial charge in [-0.25, -0.2) is 0 Å². The minimum absolute atomic E-state index is 0.0906. The van der Waals surface area contributed by atoms with Crippen molar-refractivity contribution in [1.29, 1.82) is 0 Å². The average Bonchev–Trinajstić information content (AvgIpc) is 2.52. The first-order valence-electron chi connectivity index (χ1n) is 6.92. The number of rotatable bonds is 6. The van der Waals surface area contributed by atoms with E-state index in [1.54, 1.807) is 18.6 Å². The molecular formula is C16H19N3O. The van der Waals surface area contributed by atoms with Gasteiger partial charge in [0.05, 0.1) is 5.69 Å². The molecule has 104 valence electrons. The summed E-state index contributed by atoms with van der Waals surface area (Å²) in [7, 11) is 0. The molecule has 0 aliphatic heterocycles. The van der Waals surface area contributed by atoms with Crippen LogP contribution in [0.1, 0.15) is 31.7 Å². The molecule has 0 saturated carbocycles. The number of unbranched alkanes of at least 4 members (excludes halogenated alkanes) is 1. The molecule has 0 bridgehead atoms. The Morgan fingerprint density at radius 3 is 2.85 bits per heavy atom. The van der Waals surface area contributed by atoms with E-state index in [2.05, 4.69) is 22.2 Å². The summed E-state index contributed by atoms with van der Waals surface area (Å²) < 4.78 is 0. The highest BCUT2D eigenvalue weighted by Gasteiger charge is 2.07. The van der Waals surface area contributed by atoms with E-state index < -0.39 is 0 Å². The van der Waals surface area contributed by atoms with E-state index in [-0.39, 0.29) is 5.91 Å². The largest absolute Gasteiger partial charge is 0.352 e. The number of hydrogen-bond acceptors (Lipinski definition) is 3. The first-order valence-corrected chi connectivity index (χ1v) is 6.92. The van der Waals surface area contributed by atoms with Crippen molar-refractivity contribution in [3.05, 3.63) is 48.4 Å². The number of hydrogen-bond donors (Lipinski definition) is 1. The Labute approximate surface area is 119 Å². The smallest absolute Gasteiger partial charge is 0.220 e. The number of amides is 1. The number of carbonyl (C=O) groups excluding carboxylic acids is 1. The Kier molecular flexibility index (Phi) is 5.24. The lowest BCUT2D eigenvalue weighted by Crippen LogP contribution is -2.22. The van der Waals surface area contributed by atoms with Crippen LogP contribution >= 0.6 is 0 Å². The third kappa shape index (κ3) is 3.88. The van der Waals surface area contributed by atoms with Crippen molar-refractivity contribution in [3.8, 4) is 11.3 Å². The molecule has 0 aliphatic rings. The lowest BCUT2D eigenvalue weighted by molar-refractivity contribution is -0.121. The van der Waals surface area contributed by atoms with E-state index in [1.165, 1.54) is 0 Å². The zero-order chi connectivity index (χ0) is 14.2. The summed E-state index contributed by atoms with van der Waals surface area (Å²) in [4.78, 5) is 20.2. The molecule has 2 aromatic rings. The molecular weight excluding hydrogens is 250 g/mol. The highest BCUT2D eigenvalue weighted by Crippen LogP contribution is 2.19. The number of carbonyl (C=O) groups is 1. The molecule has 0 spiro atoms. The molecule has 1 amide bonds. The standard InChI is InChI=1S/C16H19N3O/c1-2-3-8-15(20)19-12-14-7-5-10-18-16(14)13-6-4-9-17-11-13/h4-7,9-11H,2-3,8,12H2,1H3,(H,19,20). The van der Waals surface area contributed by atoms with Crippen molar-refractivity contribution in [3.63, 3.8) is 0 Å². The molecule has 0 saturated heterocycles. The molecule has 2 heterocycles. The molecule has 4 heteroatoms. The molecule has 0 aliphatic carbocycles. The predicted octanol–water partition coefficient (Wildman–Crippen LogP) is 2.95. The predicted molar refractivity (Wildman–Crippen MR) is 78.8 cm³/mol. The molecule has 0 unspecified atom stereocenters. The fourth-order valence-electron chi connectivity index (χ4n) is 1.96. The first kappa shape index (κ1) is 14.2. The van der Waals surface area contributed by atoms with Gasteiger partial charge in [0.2, 0.25) is 5.91 Å². The van der Waals surface area contributed by atoms with Gasteiger partial charge >= 0.3 is 0 Å². The van der Waals surface area contributed by atoms with E-state index >= 15 is 0 Å². The summed E-state index contributed by atoms with van der Waals surface area (Å²) in [6, 6.07) is 7.72. The highest BCUT2D eigenvalue weighted by atomic mass is 16.1. The lowest BCUT2D eigenvalue weighted by Gasteiger charge is -2.09. The maximum atomic E-state index is 11.7. The van der Waals surface area contributed by atoms with E-state index in [9.17, 15) is 4.79 Å². The molecule has 0 fully saturated rings. The molecule has 1 N–H and O–H groups in total. The summed E-state index contributed by atoms with van der Waals surface area (Å²) in [5, 5.41) is 2.94. The van der Waals surface area contributed by atoms with Crippen molar-refractivity contribution in [2.24, 2.45) is 0 Å². The van der Waals surface area contributed by atoms with Crippen LogP contribution in [0.2, 0.25) is 0 Å². The molecule has 2 aromatic heterocycles. The summed E-state index contributed by atoms with van der Waals surface area (Å²) in [5.74, 6) is 0.0906. The third-order valence-corrected chi connectivity index (χ3v) is 3.06. The first-order chi connectivity index (χ1) is 9.81. The van der Waals surface area contributed by atoms with E-state index in [4.69, 9.17) is 0 Å². The topological polar surface area (TPSA) is 54.9 Å². The minimum Gasteiger partial charge on any atom is -0.352 e. The second kappa shape index (κ2) is 7.38. The molecule has 20 heavy (non-hydrogen) atoms. The van der Waals surface area contributed by atoms with Crippen LogP contribution in [0.3, 0.4) is 0 Å². The Bertz CT molecular complexity index is 555. The van der Waals surface area contributed by atoms with Crippen LogP contribution in [0.4, 0.5) is 0 Å². The van der Waals surface area contributed by atoms with Crippen molar-refractivity contribution in [2.75, 3.05) is 0 Å². The van der Waals surface area contributed by atoms with Crippen molar-refractivity contribution in [1.82, 2.24) is 15.3 Å². The van der Waals surface area contributed by atoms with Gasteiger partial charge in [0, 0.05) is 37.1 Å². The fourth-order valence-corrected chi connectivity index (χ4v) is 1.96. The number of nitrogens with zero attached hydrogens (tertiary/aromatic N) is 2. The summed E-state index contributed by atoms with van der Waals surface area (Å²) >= 11 is 0. The maximum Gasteiger partial charge on any atom is 0.220 e. The van der Waals surface area contributed by atoms with Gasteiger partial charge in [0.15, 0.2) is 0 Å². The molecule has 0 radical (unpaired) electrons. The second-order valence-electron chi connectivity index (χ2n) is 4.63. The quantitative estimate of drug-likeness (QED) is 0.877. The molecule has 4 nitrogen and oxygen atoms in total. The van der Waals surface area contributed by atoms with Gasteiger partial charge < -0.3 is 5.32 Å². The van der Waals surface area contributed by atoms with E-state index in [0.29, 0.717) is 13.0 Å². The number of nitrogens with one attached hydrogen (secondary N) is 1. The van der Waals surface area contributed by atoms with Gasteiger partial charge in [-0.2, -0.15) is 0 Å². The SMILES string of the molecule is CCCCC(=O)NCc1cccnc1-c1cccnc1. The zero-order valence-electron chi connectivity index (χ0n) is 11.7. The van der Waals surface area contributed by atoms with Crippen LogP contribution in [0.15, 0.2) is 42.9 Å². The van der Waals surface area contributed by atoms with Gasteiger partial charge in [-0.3, -0.25) is 14.8 Å². The third-order valence-electron chi connectivity index (χ3n) is 3.06. The van der Waals surface area contributed by atoms with Crippen LogP contribution in [-0.2, 0) is 11.3 Å². The minimum atomic E-state index is 0.0906. The Hall–Kier alpha value is -2.23. The van der Waals surface area contributed by atoms with Gasteiger partial charge in [0.25, 0.3) is 0 Å². The summed E-state index contributed by atoms with van der Waals surface area (Å²) in [5.41, 5.74) is 2.84. The Morgan fingerprint density at radius 1 is 1.25 bits per heavy atom. The Balaban J connectivity index is 2.07. The molecule has 0 atom stereocenters. The molecule has 2 rings (SSSR count). The Morgan fingerprint density at radius 2 is 2.10 bits per heavy atom. The molecule has 0 aromatic carbocycles. The second-order valence-corrected chi connectivity index (χ2v) is 4.63. The lowest BCUT2D eigenvalue weighted by atomic mass is 10.1. The highest BCUT2D eigenvalue weighted by molar-refractivity contribution is 5.76. The zero-order valence-corrected chi connectivity index (χ0v) is 11.7. The van der Waals surface area contributed by atoms with Gasteiger partial charge in [0.1, 0.15) is 0 Å². The van der Waals surface area contributed by atoms with Crippen LogP contribution in [0.25, 0.3) is 11.3 Å². The van der Waals surface area contributed by atoms with Crippen molar-refractivity contribution in [2.45, 2.75) is 32.7 Å². The fraction of sp³-hybridized carbons (Fsp3) is 0.312. The monoisotopic (exact) mass is 269 g/mol. The van der Waals surface area contributed by atoms with E-state index in [0.717, 1.165) is 29.7 Å². The van der Waals surface area contributed by atoms with Crippen LogP contribution < -0.4 is 5.32 Å². The van der Waals surface area contributed by atoms with Gasteiger partial charge in [-0.05, 0) is 30.2 Å². The average molecular weight is 269 g/mol. The number of pyridine rings is 2. The van der Waals surface area contributed by atoms with Gasteiger partial charge in [-0.15, -0.1) is 0 Å². The van der Waals surface area contributed by atoms with E-state index in [1.807, 2.05) is 24.3 Å². The van der Waals surface area contributed by atoms with Crippen molar-refractivity contribution < 1.29 is 4.79 Å². The normalized spacial score (nSPS) is 10.2. The van der Waals surface area contributed by atoms with Crippen LogP contribution in [-0.4, -0.2) is 15.9 Å². The summed E-state index contributed by atoms with van der Waals surface area (Å²) in [6.07, 6.45) is 7.81. The van der Waals surface area contributed by atoms with Crippen LogP contribution in [0.5, 0.6) is 0 Å². The number of aromatic nitrogens is 2. The maximum absolute atomic E-state index is 11.7. The van der Waals surface area contributed by atoms with Crippen LogP contribution in [0, 0.1) is 0 Å².